The van der Waals surface area contributed by atoms with Crippen LogP contribution in [0.3, 0.4) is 0 Å². The second-order valence-electron chi connectivity index (χ2n) is 2.39. The zero-order valence-electron chi connectivity index (χ0n) is 6.67. The smallest absolute Gasteiger partial charge is 0.200 e. The van der Waals surface area contributed by atoms with Crippen LogP contribution in [0.25, 0.3) is 6.08 Å². The van der Waals surface area contributed by atoms with E-state index in [0.717, 1.165) is 6.07 Å². The van der Waals surface area contributed by atoms with Gasteiger partial charge in [-0.15, -0.1) is 0 Å². The van der Waals surface area contributed by atoms with Gasteiger partial charge < -0.3 is 10.2 Å². The zero-order valence-corrected chi connectivity index (χ0v) is 6.67. The number of aliphatic hydroxyl groups is 1. The van der Waals surface area contributed by atoms with Crippen LogP contribution in [0.4, 0.5) is 8.78 Å². The van der Waals surface area contributed by atoms with Crippen molar-refractivity contribution in [2.75, 3.05) is 6.61 Å². The molecule has 0 unspecified atom stereocenters. The van der Waals surface area contributed by atoms with E-state index in [4.69, 9.17) is 10.2 Å². The molecule has 0 heterocycles. The number of aromatic hydroxyl groups is 1. The van der Waals surface area contributed by atoms with Gasteiger partial charge in [0.05, 0.1) is 6.61 Å². The van der Waals surface area contributed by atoms with Gasteiger partial charge in [-0.25, -0.2) is 4.39 Å². The summed E-state index contributed by atoms with van der Waals surface area (Å²) in [6.07, 6.45) is 2.51. The second kappa shape index (κ2) is 4.00. The Morgan fingerprint density at radius 2 is 1.92 bits per heavy atom. The van der Waals surface area contributed by atoms with Gasteiger partial charge in [-0.3, -0.25) is 0 Å². The molecule has 0 spiro atoms. The maximum absolute atomic E-state index is 12.9. The topological polar surface area (TPSA) is 40.5 Å². The van der Waals surface area contributed by atoms with Gasteiger partial charge in [0.25, 0.3) is 0 Å². The average molecular weight is 186 g/mol. The van der Waals surface area contributed by atoms with E-state index in [-0.39, 0.29) is 12.2 Å². The van der Waals surface area contributed by atoms with Gasteiger partial charge in [-0.1, -0.05) is 12.2 Å². The highest BCUT2D eigenvalue weighted by Crippen LogP contribution is 2.21. The molecule has 1 aromatic carbocycles. The summed E-state index contributed by atoms with van der Waals surface area (Å²) in [4.78, 5) is 0. The molecule has 0 saturated carbocycles. The molecule has 2 N–H and O–H groups in total. The first-order valence-corrected chi connectivity index (χ1v) is 3.61. The Hall–Kier alpha value is -1.42. The Morgan fingerprint density at radius 3 is 2.54 bits per heavy atom. The van der Waals surface area contributed by atoms with Crippen molar-refractivity contribution in [2.45, 2.75) is 0 Å². The van der Waals surface area contributed by atoms with Gasteiger partial charge in [-0.05, 0) is 12.1 Å². The van der Waals surface area contributed by atoms with Crippen LogP contribution in [0.15, 0.2) is 18.2 Å². The molecule has 1 rings (SSSR count). The van der Waals surface area contributed by atoms with E-state index in [1.807, 2.05) is 0 Å². The van der Waals surface area contributed by atoms with Gasteiger partial charge in [-0.2, -0.15) is 4.39 Å². The molecule has 0 saturated heterocycles. The Balaban J connectivity index is 3.11. The van der Waals surface area contributed by atoms with Gasteiger partial charge in [0, 0.05) is 5.56 Å². The molecule has 0 aliphatic rings. The number of hydrogen-bond acceptors (Lipinski definition) is 2. The average Bonchev–Trinajstić information content (AvgIpc) is 2.13. The molecule has 0 fully saturated rings. The van der Waals surface area contributed by atoms with Crippen LogP contribution in [-0.2, 0) is 0 Å². The minimum Gasteiger partial charge on any atom is -0.505 e. The standard InChI is InChI=1S/C9H8F2O2/c10-8-6(2-1-5-12)3-4-7(13)9(8)11/h1-4,12-13H,5H2. The Bertz CT molecular complexity index is 335. The molecule has 0 atom stereocenters. The number of phenolic OH excluding ortho intramolecular Hbond substituents is 1. The fourth-order valence-electron chi connectivity index (χ4n) is 0.863. The normalized spacial score (nSPS) is 11.0. The minimum atomic E-state index is -1.28. The maximum atomic E-state index is 12.9. The summed E-state index contributed by atoms with van der Waals surface area (Å²) >= 11 is 0. The van der Waals surface area contributed by atoms with E-state index in [0.29, 0.717) is 0 Å². The molecule has 0 bridgehead atoms. The summed E-state index contributed by atoms with van der Waals surface area (Å²) in [5.74, 6) is -3.12. The third-order valence-corrected chi connectivity index (χ3v) is 1.49. The van der Waals surface area contributed by atoms with Crippen LogP contribution in [0.1, 0.15) is 5.56 Å². The molecule has 0 amide bonds. The maximum Gasteiger partial charge on any atom is 0.200 e. The Labute approximate surface area is 73.8 Å². The van der Waals surface area contributed by atoms with Crippen LogP contribution in [0, 0.1) is 11.6 Å². The first-order valence-electron chi connectivity index (χ1n) is 3.61. The minimum absolute atomic E-state index is 0.00986. The zero-order chi connectivity index (χ0) is 9.84. The van der Waals surface area contributed by atoms with E-state index in [2.05, 4.69) is 0 Å². The molecule has 0 radical (unpaired) electrons. The summed E-state index contributed by atoms with van der Waals surface area (Å²) in [5.41, 5.74) is -0.00986. The van der Waals surface area contributed by atoms with Crippen molar-refractivity contribution in [3.05, 3.63) is 35.4 Å². The third-order valence-electron chi connectivity index (χ3n) is 1.49. The summed E-state index contributed by atoms with van der Waals surface area (Å²) in [6.45, 7) is -0.248. The number of aliphatic hydroxyl groups excluding tert-OH is 1. The van der Waals surface area contributed by atoms with Gasteiger partial charge in [0.2, 0.25) is 5.82 Å². The van der Waals surface area contributed by atoms with Crippen molar-refractivity contribution in [1.29, 1.82) is 0 Å². The molecular formula is C9H8F2O2. The van der Waals surface area contributed by atoms with Crippen LogP contribution >= 0.6 is 0 Å². The highest BCUT2D eigenvalue weighted by atomic mass is 19.2. The molecule has 1 aromatic rings. The number of rotatable bonds is 2. The van der Waals surface area contributed by atoms with E-state index < -0.39 is 17.4 Å². The SMILES string of the molecule is OCC=Cc1ccc(O)c(F)c1F. The Morgan fingerprint density at radius 1 is 1.23 bits per heavy atom. The van der Waals surface area contributed by atoms with E-state index in [1.165, 1.54) is 18.2 Å². The fraction of sp³-hybridized carbons (Fsp3) is 0.111. The van der Waals surface area contributed by atoms with E-state index in [9.17, 15) is 8.78 Å². The van der Waals surface area contributed by atoms with Gasteiger partial charge in [0.15, 0.2) is 11.6 Å². The first kappa shape index (κ1) is 9.67. The number of halogens is 2. The number of hydrogen-bond donors (Lipinski definition) is 2. The third kappa shape index (κ3) is 2.03. The van der Waals surface area contributed by atoms with Gasteiger partial charge >= 0.3 is 0 Å². The molecule has 0 aliphatic carbocycles. The predicted octanol–water partition coefficient (Wildman–Crippen LogP) is 1.68. The monoisotopic (exact) mass is 186 g/mol. The molecule has 4 heteroatoms. The largest absolute Gasteiger partial charge is 0.505 e. The first-order chi connectivity index (χ1) is 6.16. The van der Waals surface area contributed by atoms with Crippen molar-refractivity contribution >= 4 is 6.08 Å². The lowest BCUT2D eigenvalue weighted by Gasteiger charge is -1.99. The van der Waals surface area contributed by atoms with E-state index in [1.54, 1.807) is 0 Å². The van der Waals surface area contributed by atoms with Crippen molar-refractivity contribution in [2.24, 2.45) is 0 Å². The summed E-state index contributed by atoms with van der Waals surface area (Å²) in [6, 6.07) is 2.27. The molecule has 0 aliphatic heterocycles. The highest BCUT2D eigenvalue weighted by Gasteiger charge is 2.09. The summed E-state index contributed by atoms with van der Waals surface area (Å²) in [7, 11) is 0. The lowest BCUT2D eigenvalue weighted by molar-refractivity contribution is 0.343. The molecule has 70 valence electrons. The molecule has 13 heavy (non-hydrogen) atoms. The summed E-state index contributed by atoms with van der Waals surface area (Å²) < 4.78 is 25.6. The van der Waals surface area contributed by atoms with Crippen molar-refractivity contribution < 1.29 is 19.0 Å². The van der Waals surface area contributed by atoms with Crippen LogP contribution in [0.5, 0.6) is 5.75 Å². The van der Waals surface area contributed by atoms with Gasteiger partial charge in [0.1, 0.15) is 0 Å². The van der Waals surface area contributed by atoms with Crippen molar-refractivity contribution in [1.82, 2.24) is 0 Å². The predicted molar refractivity (Wildman–Crippen MR) is 44.1 cm³/mol. The van der Waals surface area contributed by atoms with Crippen molar-refractivity contribution in [3.63, 3.8) is 0 Å². The van der Waals surface area contributed by atoms with Crippen LogP contribution < -0.4 is 0 Å². The molecule has 2 nitrogen and oxygen atoms in total. The Kier molecular flexibility index (Phi) is 2.97. The number of benzene rings is 1. The quantitative estimate of drug-likeness (QED) is 0.737. The van der Waals surface area contributed by atoms with Crippen LogP contribution in [-0.4, -0.2) is 16.8 Å². The lowest BCUT2D eigenvalue weighted by Crippen LogP contribution is -1.89. The summed E-state index contributed by atoms with van der Waals surface area (Å²) in [5, 5.41) is 17.2. The molecule has 0 aromatic heterocycles. The van der Waals surface area contributed by atoms with E-state index >= 15 is 0 Å². The lowest BCUT2D eigenvalue weighted by atomic mass is 10.2. The molecular weight excluding hydrogens is 178 g/mol. The fourth-order valence-corrected chi connectivity index (χ4v) is 0.863. The highest BCUT2D eigenvalue weighted by molar-refractivity contribution is 5.51. The second-order valence-corrected chi connectivity index (χ2v) is 2.39. The van der Waals surface area contributed by atoms with Crippen LogP contribution in [0.2, 0.25) is 0 Å². The number of phenols is 1. The van der Waals surface area contributed by atoms with Crippen molar-refractivity contribution in [3.8, 4) is 5.75 Å².